The standard InChI is InChI=1S/C42H60F2N6O10.C5H10/c1-42(2,3)39(36-23-30(32-24-31(43)9-10-33(32)44)27-49(36)26-29-7-5-4-6-8-29)50(38(53)28-51)14-11-34(46)40(54)48-35(41(55)56)25-47-37(52)12-15-57-17-19-59-21-22-60-20-18-58-16-13-45;1-4-3-5(4)2/h4-10,23-24,27,34-35,39,51H,11-22,25-26,28,45-46H2,1-3H3,(H,47,52)(H,48,54)(H,55,56);4-5H,3H2,1-2H3/t34?,35-,39?;/m1./s1. The van der Waals surface area contributed by atoms with Crippen LogP contribution in [0.1, 0.15) is 71.2 Å². The van der Waals surface area contributed by atoms with E-state index in [2.05, 4.69) is 24.5 Å². The van der Waals surface area contributed by atoms with Crippen molar-refractivity contribution in [1.82, 2.24) is 20.1 Å². The van der Waals surface area contributed by atoms with E-state index in [4.69, 9.17) is 30.4 Å². The van der Waals surface area contributed by atoms with E-state index in [1.807, 2.05) is 55.7 Å². The molecule has 1 aliphatic rings. The molecule has 16 nitrogen and oxygen atoms in total. The molecular weight excluding hydrogens is 847 g/mol. The summed E-state index contributed by atoms with van der Waals surface area (Å²) in [4.78, 5) is 52.5. The van der Waals surface area contributed by atoms with Crippen LogP contribution in [-0.2, 0) is 44.7 Å². The molecule has 0 saturated heterocycles. The number of halogens is 2. The lowest BCUT2D eigenvalue weighted by molar-refractivity contribution is -0.142. The largest absolute Gasteiger partial charge is 0.480 e. The summed E-state index contributed by atoms with van der Waals surface area (Å²) in [6.07, 6.45) is 2.94. The first-order chi connectivity index (χ1) is 31.0. The first kappa shape index (κ1) is 54.5. The maximum Gasteiger partial charge on any atom is 0.328 e. The lowest BCUT2D eigenvalue weighted by Crippen LogP contribution is -2.53. The van der Waals surface area contributed by atoms with E-state index in [1.54, 1.807) is 12.3 Å². The van der Waals surface area contributed by atoms with Crippen molar-refractivity contribution in [2.45, 2.75) is 78.6 Å². The topological polar surface area (TPSA) is 230 Å². The fourth-order valence-corrected chi connectivity index (χ4v) is 6.81. The molecule has 0 bridgehead atoms. The summed E-state index contributed by atoms with van der Waals surface area (Å²) in [5.74, 6) is -2.60. The molecule has 362 valence electrons. The second-order valence-electron chi connectivity index (χ2n) is 17.2. The number of aliphatic hydroxyl groups is 1. The van der Waals surface area contributed by atoms with Gasteiger partial charge in [-0.1, -0.05) is 65.0 Å². The summed E-state index contributed by atoms with van der Waals surface area (Å²) in [5.41, 5.74) is 12.7. The number of carbonyl (C=O) groups excluding carboxylic acids is 3. The van der Waals surface area contributed by atoms with Crippen LogP contribution in [0.15, 0.2) is 60.8 Å². The number of benzene rings is 2. The maximum atomic E-state index is 15.1. The maximum absolute atomic E-state index is 15.1. The van der Waals surface area contributed by atoms with Crippen molar-refractivity contribution in [2.24, 2.45) is 28.7 Å². The summed E-state index contributed by atoms with van der Waals surface area (Å²) in [6.45, 7) is 12.2. The zero-order chi connectivity index (χ0) is 47.9. The molecule has 1 aliphatic carbocycles. The number of nitrogens with one attached hydrogen (secondary N) is 2. The van der Waals surface area contributed by atoms with Gasteiger partial charge < -0.3 is 60.7 Å². The first-order valence-electron chi connectivity index (χ1n) is 22.1. The van der Waals surface area contributed by atoms with Crippen molar-refractivity contribution in [2.75, 3.05) is 79.1 Å². The molecule has 1 fully saturated rings. The van der Waals surface area contributed by atoms with Crippen LogP contribution in [0.25, 0.3) is 11.1 Å². The molecule has 18 heteroatoms. The van der Waals surface area contributed by atoms with Crippen LogP contribution in [0.2, 0.25) is 0 Å². The molecule has 0 spiro atoms. The Morgan fingerprint density at radius 1 is 0.892 bits per heavy atom. The number of amides is 3. The van der Waals surface area contributed by atoms with E-state index in [1.165, 1.54) is 11.3 Å². The van der Waals surface area contributed by atoms with Gasteiger partial charge in [-0.15, -0.1) is 0 Å². The Labute approximate surface area is 381 Å². The number of carbonyl (C=O) groups is 4. The molecule has 3 amide bonds. The highest BCUT2D eigenvalue weighted by molar-refractivity contribution is 5.87. The Kier molecular flexibility index (Phi) is 23.7. The first-order valence-corrected chi connectivity index (χ1v) is 22.1. The molecule has 1 heterocycles. The number of carboxylic acids is 1. The van der Waals surface area contributed by atoms with Crippen LogP contribution in [0.4, 0.5) is 8.78 Å². The summed E-state index contributed by atoms with van der Waals surface area (Å²) < 4.78 is 52.6. The van der Waals surface area contributed by atoms with Crippen LogP contribution in [-0.4, -0.2) is 135 Å². The second-order valence-corrected chi connectivity index (χ2v) is 17.2. The zero-order valence-corrected chi connectivity index (χ0v) is 38.4. The average molecular weight is 917 g/mol. The van der Waals surface area contributed by atoms with Gasteiger partial charge in [-0.2, -0.15) is 0 Å². The Morgan fingerprint density at radius 3 is 2.02 bits per heavy atom. The number of aliphatic carboxylic acids is 1. The van der Waals surface area contributed by atoms with Crippen molar-refractivity contribution in [1.29, 1.82) is 0 Å². The predicted molar refractivity (Wildman–Crippen MR) is 241 cm³/mol. The fourth-order valence-electron chi connectivity index (χ4n) is 6.81. The molecule has 4 rings (SSSR count). The van der Waals surface area contributed by atoms with Gasteiger partial charge in [0.25, 0.3) is 0 Å². The third-order valence-electron chi connectivity index (χ3n) is 10.7. The summed E-state index contributed by atoms with van der Waals surface area (Å²) in [6, 6.07) is 10.6. The lowest BCUT2D eigenvalue weighted by Gasteiger charge is -2.41. The zero-order valence-electron chi connectivity index (χ0n) is 38.4. The number of aliphatic hydroxyl groups excluding tert-OH is 1. The molecule has 0 radical (unpaired) electrons. The Hall–Kier alpha value is -4.82. The number of ether oxygens (including phenoxy) is 4. The fraction of sp³-hybridized carbons (Fsp3) is 0.574. The monoisotopic (exact) mass is 917 g/mol. The average Bonchev–Trinajstić information content (AvgIpc) is 3.76. The molecule has 1 aromatic heterocycles. The summed E-state index contributed by atoms with van der Waals surface area (Å²) in [5, 5.41) is 24.7. The third-order valence-corrected chi connectivity index (χ3v) is 10.7. The van der Waals surface area contributed by atoms with Gasteiger partial charge in [0.05, 0.1) is 64.9 Å². The van der Waals surface area contributed by atoms with Crippen molar-refractivity contribution in [3.63, 3.8) is 0 Å². The van der Waals surface area contributed by atoms with E-state index in [-0.39, 0.29) is 44.8 Å². The van der Waals surface area contributed by atoms with Gasteiger partial charge in [0.2, 0.25) is 17.7 Å². The van der Waals surface area contributed by atoms with E-state index in [0.29, 0.717) is 57.4 Å². The molecular formula is C47H70F2N6O10. The molecule has 5 atom stereocenters. The molecule has 0 aliphatic heterocycles. The molecule has 8 N–H and O–H groups in total. The molecule has 65 heavy (non-hydrogen) atoms. The summed E-state index contributed by atoms with van der Waals surface area (Å²) in [7, 11) is 0. The quantitative estimate of drug-likeness (QED) is 0.0571. The number of nitrogens with two attached hydrogens (primary N) is 2. The van der Waals surface area contributed by atoms with E-state index >= 15 is 4.39 Å². The van der Waals surface area contributed by atoms with Crippen molar-refractivity contribution in [3.05, 3.63) is 83.7 Å². The highest BCUT2D eigenvalue weighted by Gasteiger charge is 2.38. The van der Waals surface area contributed by atoms with Crippen LogP contribution in [0, 0.1) is 28.9 Å². The van der Waals surface area contributed by atoms with Crippen LogP contribution in [0.3, 0.4) is 0 Å². The third kappa shape index (κ3) is 19.7. The number of hydrogen-bond donors (Lipinski definition) is 6. The minimum Gasteiger partial charge on any atom is -0.480 e. The number of rotatable bonds is 28. The van der Waals surface area contributed by atoms with Crippen LogP contribution in [0.5, 0.6) is 0 Å². The molecule has 1 saturated carbocycles. The van der Waals surface area contributed by atoms with E-state index < -0.39 is 72.0 Å². The van der Waals surface area contributed by atoms with Crippen molar-refractivity contribution in [3.8, 4) is 11.1 Å². The number of carboxylic acid groups (broad SMARTS) is 1. The smallest absolute Gasteiger partial charge is 0.328 e. The number of nitrogens with zero attached hydrogens (tertiary/aromatic N) is 2. The van der Waals surface area contributed by atoms with Crippen LogP contribution >= 0.6 is 0 Å². The Morgan fingerprint density at radius 2 is 1.48 bits per heavy atom. The van der Waals surface area contributed by atoms with Gasteiger partial charge in [0.15, 0.2) is 0 Å². The molecule has 4 unspecified atom stereocenters. The summed E-state index contributed by atoms with van der Waals surface area (Å²) >= 11 is 0. The van der Waals surface area contributed by atoms with Crippen molar-refractivity contribution < 1.29 is 57.1 Å². The molecule has 3 aromatic rings. The Balaban J connectivity index is 0.00000209. The molecule has 2 aromatic carbocycles. The second kappa shape index (κ2) is 28.3. The minimum absolute atomic E-state index is 0.0209. The highest BCUT2D eigenvalue weighted by Crippen LogP contribution is 2.41. The lowest BCUT2D eigenvalue weighted by atomic mass is 9.82. The SMILES string of the molecule is CC(C)(C)C(c1cc(-c2cc(F)ccc2F)cn1Cc1ccccc1)N(CCC(N)C(=O)N[C@H](CNC(=O)CCOCCOCCOCCOCCN)C(=O)O)C(=O)CO.CC1CC1C. The highest BCUT2D eigenvalue weighted by atomic mass is 19.1. The normalized spacial score (nSPS) is 15.8. The van der Waals surface area contributed by atoms with Gasteiger partial charge in [0, 0.05) is 55.6 Å². The van der Waals surface area contributed by atoms with E-state index in [0.717, 1.165) is 35.6 Å². The van der Waals surface area contributed by atoms with Gasteiger partial charge in [0.1, 0.15) is 24.3 Å². The Bertz CT molecular complexity index is 1910. The van der Waals surface area contributed by atoms with Crippen molar-refractivity contribution >= 4 is 23.7 Å². The number of hydrogen-bond acceptors (Lipinski definition) is 11. The van der Waals surface area contributed by atoms with E-state index in [9.17, 15) is 33.8 Å². The van der Waals surface area contributed by atoms with Gasteiger partial charge in [-0.25, -0.2) is 13.6 Å². The predicted octanol–water partition coefficient (Wildman–Crippen LogP) is 3.87. The minimum atomic E-state index is -1.52. The van der Waals surface area contributed by atoms with Crippen LogP contribution < -0.4 is 22.1 Å². The number of aromatic nitrogens is 1. The van der Waals surface area contributed by atoms with Gasteiger partial charge in [-0.05, 0) is 59.9 Å². The van der Waals surface area contributed by atoms with Gasteiger partial charge in [-0.3, -0.25) is 14.4 Å². The van der Waals surface area contributed by atoms with Gasteiger partial charge >= 0.3 is 5.97 Å².